The van der Waals surface area contributed by atoms with Crippen LogP contribution in [0.2, 0.25) is 0 Å². The third-order valence-corrected chi connectivity index (χ3v) is 5.96. The predicted octanol–water partition coefficient (Wildman–Crippen LogP) is 1.66. The maximum absolute atomic E-state index is 12.7. The highest BCUT2D eigenvalue weighted by Crippen LogP contribution is 2.42. The molecule has 1 saturated heterocycles. The van der Waals surface area contributed by atoms with Gasteiger partial charge >= 0.3 is 0 Å². The van der Waals surface area contributed by atoms with Gasteiger partial charge in [0.25, 0.3) is 0 Å². The molecule has 3 heterocycles. The van der Waals surface area contributed by atoms with Gasteiger partial charge in [0.1, 0.15) is 5.60 Å². The number of fused-ring (bicyclic) bond motifs is 2. The average Bonchev–Trinajstić information content (AvgIpc) is 2.60. The van der Waals surface area contributed by atoms with Crippen molar-refractivity contribution in [3.05, 3.63) is 17.5 Å². The van der Waals surface area contributed by atoms with Crippen LogP contribution < -0.4 is 10.6 Å². The highest BCUT2D eigenvalue weighted by molar-refractivity contribution is 5.87. The third-order valence-electron chi connectivity index (χ3n) is 5.96. The Labute approximate surface area is 172 Å². The number of hydrogen-bond donors (Lipinski definition) is 1. The first-order valence-electron chi connectivity index (χ1n) is 9.20. The van der Waals surface area contributed by atoms with E-state index in [0.29, 0.717) is 25.6 Å². The summed E-state index contributed by atoms with van der Waals surface area (Å²) in [5, 5.41) is 0. The van der Waals surface area contributed by atoms with Crippen LogP contribution in [0.5, 0.6) is 0 Å². The lowest BCUT2D eigenvalue weighted by atomic mass is 9.75. The SMILES string of the molecule is CN(C)c1ncc2c(n1)C1(CCN(C(=O)C3(N)CCC3)CC1)OCC2.Cl.Cl. The van der Waals surface area contributed by atoms with Crippen molar-refractivity contribution >= 4 is 36.7 Å². The molecule has 3 aliphatic rings. The summed E-state index contributed by atoms with van der Waals surface area (Å²) in [5.74, 6) is 0.818. The average molecular weight is 418 g/mol. The van der Waals surface area contributed by atoms with Gasteiger partial charge in [0, 0.05) is 33.4 Å². The Hall–Kier alpha value is -1.15. The monoisotopic (exact) mass is 417 g/mol. The van der Waals surface area contributed by atoms with Gasteiger partial charge in [-0.15, -0.1) is 24.8 Å². The topological polar surface area (TPSA) is 84.6 Å². The van der Waals surface area contributed by atoms with Gasteiger partial charge in [-0.1, -0.05) is 0 Å². The van der Waals surface area contributed by atoms with Gasteiger partial charge in [-0.25, -0.2) is 9.97 Å². The van der Waals surface area contributed by atoms with E-state index < -0.39 is 5.54 Å². The molecule has 0 unspecified atom stereocenters. The molecule has 7 nitrogen and oxygen atoms in total. The van der Waals surface area contributed by atoms with E-state index in [1.165, 1.54) is 5.56 Å². The molecule has 2 aliphatic heterocycles. The lowest BCUT2D eigenvalue weighted by molar-refractivity contribution is -0.149. The normalized spacial score (nSPS) is 22.0. The number of carbonyl (C=O) groups excluding carboxylic acids is 1. The van der Waals surface area contributed by atoms with Crippen LogP contribution in [0.4, 0.5) is 5.95 Å². The minimum absolute atomic E-state index is 0. The summed E-state index contributed by atoms with van der Waals surface area (Å²) in [4.78, 5) is 25.8. The molecule has 1 aromatic rings. The van der Waals surface area contributed by atoms with Gasteiger partial charge in [0.05, 0.1) is 17.8 Å². The lowest BCUT2D eigenvalue weighted by Crippen LogP contribution is -2.61. The molecule has 1 spiro atoms. The fourth-order valence-electron chi connectivity index (χ4n) is 4.15. The first kappa shape index (κ1) is 22.1. The first-order valence-corrected chi connectivity index (χ1v) is 9.20. The van der Waals surface area contributed by atoms with Crippen molar-refractivity contribution in [1.29, 1.82) is 0 Å². The number of hydrogen-bond acceptors (Lipinski definition) is 6. The molecule has 152 valence electrons. The Morgan fingerprint density at radius 3 is 2.44 bits per heavy atom. The van der Waals surface area contributed by atoms with Crippen molar-refractivity contribution < 1.29 is 9.53 Å². The Balaban J connectivity index is 0.00000131. The zero-order valence-electron chi connectivity index (χ0n) is 15.9. The molecule has 1 aromatic heterocycles. The van der Waals surface area contributed by atoms with Crippen molar-refractivity contribution in [2.24, 2.45) is 5.73 Å². The van der Waals surface area contributed by atoms with Crippen LogP contribution in [0.15, 0.2) is 6.20 Å². The number of nitrogens with zero attached hydrogens (tertiary/aromatic N) is 4. The molecule has 1 amide bonds. The van der Waals surface area contributed by atoms with E-state index in [9.17, 15) is 4.79 Å². The second-order valence-corrected chi connectivity index (χ2v) is 7.83. The molecule has 0 aromatic carbocycles. The molecule has 2 N–H and O–H groups in total. The highest BCUT2D eigenvalue weighted by atomic mass is 35.5. The molecule has 0 radical (unpaired) electrons. The van der Waals surface area contributed by atoms with E-state index >= 15 is 0 Å². The minimum Gasteiger partial charge on any atom is -0.368 e. The van der Waals surface area contributed by atoms with Gasteiger partial charge in [-0.2, -0.15) is 0 Å². The van der Waals surface area contributed by atoms with Crippen molar-refractivity contribution in [3.63, 3.8) is 0 Å². The van der Waals surface area contributed by atoms with E-state index in [4.69, 9.17) is 15.5 Å². The van der Waals surface area contributed by atoms with Crippen LogP contribution in [0.1, 0.15) is 43.4 Å². The minimum atomic E-state index is -0.615. The van der Waals surface area contributed by atoms with Crippen molar-refractivity contribution in [2.45, 2.75) is 49.7 Å². The highest BCUT2D eigenvalue weighted by Gasteiger charge is 2.47. The Kier molecular flexibility index (Phi) is 6.62. The molecule has 9 heteroatoms. The summed E-state index contributed by atoms with van der Waals surface area (Å²) in [6, 6.07) is 0. The van der Waals surface area contributed by atoms with Gasteiger partial charge < -0.3 is 20.3 Å². The number of nitrogens with two attached hydrogens (primary N) is 1. The fourth-order valence-corrected chi connectivity index (χ4v) is 4.15. The summed E-state index contributed by atoms with van der Waals surface area (Å²) >= 11 is 0. The predicted molar refractivity (Wildman–Crippen MR) is 109 cm³/mol. The molecule has 0 bridgehead atoms. The quantitative estimate of drug-likeness (QED) is 0.787. The number of carbonyl (C=O) groups is 1. The van der Waals surface area contributed by atoms with Crippen molar-refractivity contribution in [1.82, 2.24) is 14.9 Å². The Morgan fingerprint density at radius 2 is 1.89 bits per heavy atom. The Morgan fingerprint density at radius 1 is 1.22 bits per heavy atom. The number of ether oxygens (including phenoxy) is 1. The van der Waals surface area contributed by atoms with Crippen LogP contribution in [-0.2, 0) is 21.6 Å². The summed E-state index contributed by atoms with van der Waals surface area (Å²) in [7, 11) is 3.89. The molecule has 27 heavy (non-hydrogen) atoms. The maximum atomic E-state index is 12.7. The van der Waals surface area contributed by atoms with Crippen LogP contribution >= 0.6 is 24.8 Å². The maximum Gasteiger partial charge on any atom is 0.242 e. The molecular formula is C18H29Cl2N5O2. The van der Waals surface area contributed by atoms with Crippen LogP contribution in [0, 0.1) is 0 Å². The second kappa shape index (κ2) is 8.07. The lowest BCUT2D eigenvalue weighted by Gasteiger charge is -2.47. The smallest absolute Gasteiger partial charge is 0.242 e. The van der Waals surface area contributed by atoms with E-state index in [0.717, 1.165) is 44.2 Å². The van der Waals surface area contributed by atoms with E-state index in [1.807, 2.05) is 30.1 Å². The molecule has 1 aliphatic carbocycles. The number of piperidine rings is 1. The zero-order valence-corrected chi connectivity index (χ0v) is 17.6. The van der Waals surface area contributed by atoms with Crippen LogP contribution in [0.3, 0.4) is 0 Å². The van der Waals surface area contributed by atoms with Crippen molar-refractivity contribution in [3.8, 4) is 0 Å². The number of amides is 1. The van der Waals surface area contributed by atoms with E-state index in [-0.39, 0.29) is 36.3 Å². The summed E-state index contributed by atoms with van der Waals surface area (Å²) in [6.45, 7) is 2.05. The second-order valence-electron chi connectivity index (χ2n) is 7.83. The molecule has 2 fully saturated rings. The van der Waals surface area contributed by atoms with Gasteiger partial charge in [0.2, 0.25) is 11.9 Å². The van der Waals surface area contributed by atoms with E-state index in [2.05, 4.69) is 4.98 Å². The van der Waals surface area contributed by atoms with Crippen molar-refractivity contribution in [2.75, 3.05) is 38.7 Å². The summed E-state index contributed by atoms with van der Waals surface area (Å²) in [6.07, 6.45) is 7.00. The van der Waals surface area contributed by atoms with E-state index in [1.54, 1.807) is 0 Å². The molecule has 1 saturated carbocycles. The standard InChI is InChI=1S/C18H27N5O2.2ClH/c1-22(2)16-20-12-13-4-11-25-18(14(13)21-16)7-9-23(10-8-18)15(24)17(19)5-3-6-17;;/h12H,3-11,19H2,1-2H3;2*1H. The Bertz CT molecular complexity index is 688. The largest absolute Gasteiger partial charge is 0.368 e. The van der Waals surface area contributed by atoms with Gasteiger partial charge in [-0.05, 0) is 44.1 Å². The molecular weight excluding hydrogens is 389 g/mol. The summed E-state index contributed by atoms with van der Waals surface area (Å²) in [5.41, 5.74) is 7.41. The molecule has 0 atom stereocenters. The number of likely N-dealkylation sites (tertiary alicyclic amines) is 1. The number of anilines is 1. The van der Waals surface area contributed by atoms with Crippen LogP contribution in [0.25, 0.3) is 0 Å². The summed E-state index contributed by atoms with van der Waals surface area (Å²) < 4.78 is 6.24. The number of aromatic nitrogens is 2. The number of halogens is 2. The third kappa shape index (κ3) is 3.75. The molecule has 4 rings (SSSR count). The zero-order chi connectivity index (χ0) is 17.7. The first-order chi connectivity index (χ1) is 11.9. The number of rotatable bonds is 2. The van der Waals surface area contributed by atoms with Gasteiger partial charge in [0.15, 0.2) is 0 Å². The van der Waals surface area contributed by atoms with Crippen LogP contribution in [-0.4, -0.2) is 60.1 Å². The van der Waals surface area contributed by atoms with Gasteiger partial charge in [-0.3, -0.25) is 4.79 Å². The fraction of sp³-hybridized carbons (Fsp3) is 0.722.